The minimum absolute atomic E-state index is 0.420. The van der Waals surface area contributed by atoms with Gasteiger partial charge in [0.15, 0.2) is 0 Å². The Morgan fingerprint density at radius 1 is 1.73 bits per heavy atom. The molecular formula is C7H14N4. The maximum atomic E-state index is 5.34. The predicted molar refractivity (Wildman–Crippen MR) is 47.8 cm³/mol. The fourth-order valence-corrected chi connectivity index (χ4v) is 0.445. The van der Waals surface area contributed by atoms with Crippen LogP contribution in [0.4, 0.5) is 0 Å². The van der Waals surface area contributed by atoms with Crippen molar-refractivity contribution >= 4 is 6.21 Å². The Bertz CT molecular complexity index is 181. The largest absolute Gasteiger partial charge is 0.403 e. The highest BCUT2D eigenvalue weighted by Crippen LogP contribution is 1.84. The van der Waals surface area contributed by atoms with Gasteiger partial charge in [0.1, 0.15) is 5.82 Å². The van der Waals surface area contributed by atoms with Crippen LogP contribution in [0.25, 0.3) is 0 Å². The van der Waals surface area contributed by atoms with Gasteiger partial charge in [-0.05, 0) is 6.92 Å². The van der Waals surface area contributed by atoms with Crippen LogP contribution >= 0.6 is 0 Å². The van der Waals surface area contributed by atoms with Gasteiger partial charge < -0.3 is 16.8 Å². The van der Waals surface area contributed by atoms with Crippen LogP contribution in [0.1, 0.15) is 6.92 Å². The Morgan fingerprint density at radius 3 is 2.82 bits per heavy atom. The second-order valence-corrected chi connectivity index (χ2v) is 1.90. The monoisotopic (exact) mass is 154 g/mol. The molecule has 0 amide bonds. The molecule has 0 aliphatic heterocycles. The van der Waals surface area contributed by atoms with Crippen molar-refractivity contribution < 1.29 is 0 Å². The third kappa shape index (κ3) is 5.02. The van der Waals surface area contributed by atoms with E-state index in [0.29, 0.717) is 11.5 Å². The van der Waals surface area contributed by atoms with Gasteiger partial charge in [-0.3, -0.25) is 0 Å². The molecule has 0 aromatic heterocycles. The lowest BCUT2D eigenvalue weighted by molar-refractivity contribution is 0.847. The average molecular weight is 154 g/mol. The molecule has 0 spiro atoms. The van der Waals surface area contributed by atoms with Crippen molar-refractivity contribution in [1.82, 2.24) is 5.32 Å². The minimum Gasteiger partial charge on any atom is -0.403 e. The van der Waals surface area contributed by atoms with Crippen molar-refractivity contribution in [3.8, 4) is 0 Å². The fourth-order valence-electron chi connectivity index (χ4n) is 0.445. The van der Waals surface area contributed by atoms with Crippen LogP contribution in [-0.4, -0.2) is 12.8 Å². The third-order valence-corrected chi connectivity index (χ3v) is 0.943. The number of rotatable bonds is 4. The molecule has 0 aromatic rings. The average Bonchev–Trinajstić information content (AvgIpc) is 2.01. The van der Waals surface area contributed by atoms with Gasteiger partial charge in [0.2, 0.25) is 0 Å². The lowest BCUT2D eigenvalue weighted by Crippen LogP contribution is -2.10. The fraction of sp³-hybridized carbons (Fsp3) is 0.286. The van der Waals surface area contributed by atoms with E-state index < -0.39 is 0 Å². The number of allylic oxidation sites excluding steroid dienone is 1. The van der Waals surface area contributed by atoms with Crippen molar-refractivity contribution in [2.45, 2.75) is 6.92 Å². The van der Waals surface area contributed by atoms with Crippen molar-refractivity contribution in [1.29, 1.82) is 0 Å². The second kappa shape index (κ2) is 5.34. The molecule has 0 aliphatic carbocycles. The second-order valence-electron chi connectivity index (χ2n) is 1.90. The molecule has 0 rings (SSSR count). The van der Waals surface area contributed by atoms with Crippen LogP contribution in [0.3, 0.4) is 0 Å². The van der Waals surface area contributed by atoms with Crippen molar-refractivity contribution in [2.75, 3.05) is 6.54 Å². The maximum absolute atomic E-state index is 5.34. The van der Waals surface area contributed by atoms with Crippen LogP contribution in [0.5, 0.6) is 0 Å². The zero-order chi connectivity index (χ0) is 8.69. The van der Waals surface area contributed by atoms with E-state index in [9.17, 15) is 0 Å². The Balaban J connectivity index is 3.83. The predicted octanol–water partition coefficient (Wildman–Crippen LogP) is -0.103. The van der Waals surface area contributed by atoms with Gasteiger partial charge in [-0.2, -0.15) is 0 Å². The molecule has 0 aromatic carbocycles. The van der Waals surface area contributed by atoms with Crippen LogP contribution in [0, 0.1) is 0 Å². The highest BCUT2D eigenvalue weighted by Gasteiger charge is 1.83. The molecule has 0 saturated heterocycles. The summed E-state index contributed by atoms with van der Waals surface area (Å²) in [6, 6.07) is 0. The number of hydrogen-bond acceptors (Lipinski definition) is 4. The number of nitrogens with one attached hydrogen (secondary N) is 1. The number of nitrogens with two attached hydrogens (primary N) is 2. The molecule has 0 heterocycles. The summed E-state index contributed by atoms with van der Waals surface area (Å²) in [7, 11) is 0. The van der Waals surface area contributed by atoms with Crippen LogP contribution in [0.2, 0.25) is 0 Å². The van der Waals surface area contributed by atoms with E-state index in [1.807, 2.05) is 6.92 Å². The lowest BCUT2D eigenvalue weighted by Gasteiger charge is -1.98. The summed E-state index contributed by atoms with van der Waals surface area (Å²) >= 11 is 0. The van der Waals surface area contributed by atoms with E-state index in [0.717, 1.165) is 6.54 Å². The van der Waals surface area contributed by atoms with Gasteiger partial charge in [0.25, 0.3) is 0 Å². The first kappa shape index (κ1) is 9.55. The van der Waals surface area contributed by atoms with Gasteiger partial charge in [0, 0.05) is 12.7 Å². The van der Waals surface area contributed by atoms with Gasteiger partial charge in [0.05, 0.1) is 11.9 Å². The smallest absolute Gasteiger partial charge is 0.118 e. The summed E-state index contributed by atoms with van der Waals surface area (Å²) in [4.78, 5) is 3.88. The highest BCUT2D eigenvalue weighted by atomic mass is 15.0. The Morgan fingerprint density at radius 2 is 2.36 bits per heavy atom. The first-order valence-electron chi connectivity index (χ1n) is 3.35. The maximum Gasteiger partial charge on any atom is 0.118 e. The Kier molecular flexibility index (Phi) is 4.64. The molecule has 0 radical (unpaired) electrons. The number of nitrogens with zero attached hydrogens (tertiary/aromatic N) is 1. The number of hydrogen-bond donors (Lipinski definition) is 3. The summed E-state index contributed by atoms with van der Waals surface area (Å²) in [5, 5.41) is 2.91. The molecular weight excluding hydrogens is 140 g/mol. The summed E-state index contributed by atoms with van der Waals surface area (Å²) in [5.74, 6) is 0.581. The molecule has 4 heteroatoms. The normalized spacial score (nSPS) is 11.9. The first-order chi connectivity index (χ1) is 5.20. The molecule has 5 N–H and O–H groups in total. The highest BCUT2D eigenvalue weighted by molar-refractivity contribution is 5.77. The van der Waals surface area contributed by atoms with Crippen LogP contribution in [-0.2, 0) is 0 Å². The molecule has 0 atom stereocenters. The SMILES string of the molecule is C=C(N=C/C(N)=C\N)NCC. The quantitative estimate of drug-likeness (QED) is 0.495. The van der Waals surface area contributed by atoms with Crippen LogP contribution in [0.15, 0.2) is 29.3 Å². The van der Waals surface area contributed by atoms with E-state index in [-0.39, 0.29) is 0 Å². The molecule has 4 nitrogen and oxygen atoms in total. The topological polar surface area (TPSA) is 76.4 Å². The summed E-state index contributed by atoms with van der Waals surface area (Å²) in [5.41, 5.74) is 10.9. The zero-order valence-electron chi connectivity index (χ0n) is 6.67. The summed E-state index contributed by atoms with van der Waals surface area (Å²) in [6.07, 6.45) is 2.73. The van der Waals surface area contributed by atoms with Crippen molar-refractivity contribution in [3.05, 3.63) is 24.3 Å². The van der Waals surface area contributed by atoms with E-state index in [1.165, 1.54) is 12.4 Å². The molecule has 62 valence electrons. The Hall–Kier alpha value is -1.45. The van der Waals surface area contributed by atoms with E-state index in [1.54, 1.807) is 0 Å². The van der Waals surface area contributed by atoms with E-state index in [4.69, 9.17) is 11.5 Å². The van der Waals surface area contributed by atoms with Crippen molar-refractivity contribution in [2.24, 2.45) is 16.5 Å². The summed E-state index contributed by atoms with van der Waals surface area (Å²) in [6.45, 7) is 6.37. The van der Waals surface area contributed by atoms with E-state index >= 15 is 0 Å². The van der Waals surface area contributed by atoms with Crippen molar-refractivity contribution in [3.63, 3.8) is 0 Å². The third-order valence-electron chi connectivity index (χ3n) is 0.943. The van der Waals surface area contributed by atoms with Gasteiger partial charge in [-0.25, -0.2) is 4.99 Å². The zero-order valence-corrected chi connectivity index (χ0v) is 6.67. The molecule has 11 heavy (non-hydrogen) atoms. The van der Waals surface area contributed by atoms with Crippen LogP contribution < -0.4 is 16.8 Å². The molecule has 0 aliphatic rings. The lowest BCUT2D eigenvalue weighted by atomic mass is 10.5. The molecule has 0 bridgehead atoms. The van der Waals surface area contributed by atoms with Gasteiger partial charge in [-0.15, -0.1) is 0 Å². The molecule has 0 saturated carbocycles. The van der Waals surface area contributed by atoms with Gasteiger partial charge >= 0.3 is 0 Å². The molecule has 0 unspecified atom stereocenters. The standard InChI is InChI=1S/C7H14N4/c1-3-10-6(2)11-5-7(9)4-8/h4-5,10H,2-3,8-9H2,1H3/b7-4+,11-5?. The van der Waals surface area contributed by atoms with Gasteiger partial charge in [-0.1, -0.05) is 6.58 Å². The number of aliphatic imine (C=N–C) groups is 1. The molecule has 0 fully saturated rings. The van der Waals surface area contributed by atoms with E-state index in [2.05, 4.69) is 16.9 Å². The first-order valence-corrected chi connectivity index (χ1v) is 3.35. The Labute approximate surface area is 66.7 Å². The minimum atomic E-state index is 0.420. The summed E-state index contributed by atoms with van der Waals surface area (Å²) < 4.78 is 0.